The summed E-state index contributed by atoms with van der Waals surface area (Å²) in [5, 5.41) is 9.82. The summed E-state index contributed by atoms with van der Waals surface area (Å²) in [6, 6.07) is 68.1. The fraction of sp³-hybridized carbons (Fsp3) is 0. The summed E-state index contributed by atoms with van der Waals surface area (Å²) in [5.74, 6) is 0. The Morgan fingerprint density at radius 2 is 1.02 bits per heavy atom. The van der Waals surface area contributed by atoms with Crippen LogP contribution in [0, 0.1) is 0 Å². The zero-order chi connectivity index (χ0) is 34.9. The lowest BCUT2D eigenvalue weighted by atomic mass is 9.94. The third-order valence-electron chi connectivity index (χ3n) is 10.6. The number of anilines is 3. The van der Waals surface area contributed by atoms with Crippen LogP contribution in [0.2, 0.25) is 0 Å². The predicted octanol–water partition coefficient (Wildman–Crippen LogP) is 15.1. The van der Waals surface area contributed by atoms with Crippen molar-refractivity contribution in [2.75, 3.05) is 4.90 Å². The van der Waals surface area contributed by atoms with Crippen molar-refractivity contribution >= 4 is 92.1 Å². The second-order valence-corrected chi connectivity index (χ2v) is 14.8. The normalized spacial score (nSPS) is 11.8. The SMILES string of the molecule is c1ccc2cc(-c3ccc(N(c4ccc5c(c4)oc4ccccc45)c4ccc5sc6cccc(-c7cccc8ccccc78)c6c5c4)cc3)ccc2c1. The maximum atomic E-state index is 6.42. The molecule has 11 aromatic rings. The number of rotatable bonds is 5. The van der Waals surface area contributed by atoms with Gasteiger partial charge < -0.3 is 9.32 Å². The molecule has 2 heterocycles. The molecule has 0 radical (unpaired) electrons. The van der Waals surface area contributed by atoms with Gasteiger partial charge in [0, 0.05) is 54.1 Å². The summed E-state index contributed by atoms with van der Waals surface area (Å²) < 4.78 is 8.98. The van der Waals surface area contributed by atoms with Crippen molar-refractivity contribution in [3.05, 3.63) is 188 Å². The van der Waals surface area contributed by atoms with Gasteiger partial charge in [0.2, 0.25) is 0 Å². The molecule has 248 valence electrons. The van der Waals surface area contributed by atoms with Gasteiger partial charge in [0.25, 0.3) is 0 Å². The Hall–Kier alpha value is -6.68. The topological polar surface area (TPSA) is 16.4 Å². The Morgan fingerprint density at radius 3 is 1.92 bits per heavy atom. The molecule has 0 atom stereocenters. The smallest absolute Gasteiger partial charge is 0.137 e. The van der Waals surface area contributed by atoms with E-state index >= 15 is 0 Å². The van der Waals surface area contributed by atoms with E-state index in [2.05, 4.69) is 181 Å². The zero-order valence-electron chi connectivity index (χ0n) is 28.7. The van der Waals surface area contributed by atoms with Crippen molar-refractivity contribution in [1.82, 2.24) is 0 Å². The van der Waals surface area contributed by atoms with E-state index in [1.54, 1.807) is 0 Å². The molecule has 0 spiro atoms. The lowest BCUT2D eigenvalue weighted by Crippen LogP contribution is -2.09. The second kappa shape index (κ2) is 11.9. The van der Waals surface area contributed by atoms with Crippen LogP contribution in [-0.4, -0.2) is 0 Å². The Morgan fingerprint density at radius 1 is 0.358 bits per heavy atom. The molecule has 0 aliphatic rings. The molecule has 0 saturated carbocycles. The van der Waals surface area contributed by atoms with Crippen LogP contribution in [0.15, 0.2) is 192 Å². The molecular formula is C50H31NOS. The molecule has 0 N–H and O–H groups in total. The second-order valence-electron chi connectivity index (χ2n) is 13.7. The molecule has 9 aromatic carbocycles. The first-order valence-electron chi connectivity index (χ1n) is 18.0. The highest BCUT2D eigenvalue weighted by atomic mass is 32.1. The van der Waals surface area contributed by atoms with Crippen LogP contribution >= 0.6 is 11.3 Å². The zero-order valence-corrected chi connectivity index (χ0v) is 29.5. The van der Waals surface area contributed by atoms with Crippen molar-refractivity contribution in [1.29, 1.82) is 0 Å². The van der Waals surface area contributed by atoms with E-state index in [4.69, 9.17) is 4.42 Å². The van der Waals surface area contributed by atoms with Gasteiger partial charge in [-0.05, 0) is 104 Å². The summed E-state index contributed by atoms with van der Waals surface area (Å²) in [4.78, 5) is 2.36. The summed E-state index contributed by atoms with van der Waals surface area (Å²) in [6.45, 7) is 0. The highest BCUT2D eigenvalue weighted by Crippen LogP contribution is 2.45. The first-order chi connectivity index (χ1) is 26.2. The molecule has 3 heteroatoms. The minimum atomic E-state index is 0.877. The Kier molecular flexibility index (Phi) is 6.76. The summed E-state index contributed by atoms with van der Waals surface area (Å²) in [5.41, 5.74) is 9.91. The molecule has 11 rings (SSSR count). The van der Waals surface area contributed by atoms with Gasteiger partial charge in [-0.3, -0.25) is 0 Å². The highest BCUT2D eigenvalue weighted by molar-refractivity contribution is 7.26. The van der Waals surface area contributed by atoms with Crippen molar-refractivity contribution < 1.29 is 4.42 Å². The number of para-hydroxylation sites is 1. The van der Waals surface area contributed by atoms with Gasteiger partial charge >= 0.3 is 0 Å². The third kappa shape index (κ3) is 4.93. The van der Waals surface area contributed by atoms with Crippen LogP contribution in [0.5, 0.6) is 0 Å². The van der Waals surface area contributed by atoms with Crippen LogP contribution in [-0.2, 0) is 0 Å². The Bertz CT molecular complexity index is 3180. The fourth-order valence-electron chi connectivity index (χ4n) is 8.11. The van der Waals surface area contributed by atoms with Crippen molar-refractivity contribution in [2.45, 2.75) is 0 Å². The van der Waals surface area contributed by atoms with E-state index in [9.17, 15) is 0 Å². The average molecular weight is 694 g/mol. The summed E-state index contributed by atoms with van der Waals surface area (Å²) >= 11 is 1.86. The van der Waals surface area contributed by atoms with Gasteiger partial charge in [0.15, 0.2) is 0 Å². The first-order valence-corrected chi connectivity index (χ1v) is 18.8. The predicted molar refractivity (Wildman–Crippen MR) is 227 cm³/mol. The maximum Gasteiger partial charge on any atom is 0.137 e. The largest absolute Gasteiger partial charge is 0.456 e. The lowest BCUT2D eigenvalue weighted by molar-refractivity contribution is 0.669. The molecule has 0 fully saturated rings. The number of benzene rings is 9. The standard InChI is InChI=1S/C50H31NOS/c1-2-11-35-29-36(20-19-32(35)9-1)33-21-23-37(24-22-33)51(39-25-27-43-42-14-5-6-17-46(42)52-47(43)31-39)38-26-28-48-45(30-38)50-44(16-8-18-49(50)53-48)41-15-7-12-34-10-3-4-13-40(34)41/h1-31H. The molecule has 0 aliphatic heterocycles. The summed E-state index contributed by atoms with van der Waals surface area (Å²) in [6.07, 6.45) is 0. The molecule has 0 unspecified atom stereocenters. The molecule has 2 aromatic heterocycles. The quantitative estimate of drug-likeness (QED) is 0.178. The average Bonchev–Trinajstić information content (AvgIpc) is 3.79. The Balaban J connectivity index is 1.10. The van der Waals surface area contributed by atoms with Crippen LogP contribution in [0.4, 0.5) is 17.1 Å². The highest BCUT2D eigenvalue weighted by Gasteiger charge is 2.19. The van der Waals surface area contributed by atoms with E-state index in [0.29, 0.717) is 0 Å². The Labute approximate surface area is 310 Å². The lowest BCUT2D eigenvalue weighted by Gasteiger charge is -2.26. The molecule has 0 amide bonds. The van der Waals surface area contributed by atoms with Crippen molar-refractivity contribution in [3.8, 4) is 22.3 Å². The fourth-order valence-corrected chi connectivity index (χ4v) is 9.22. The van der Waals surface area contributed by atoms with Gasteiger partial charge in [-0.1, -0.05) is 121 Å². The van der Waals surface area contributed by atoms with E-state index in [1.807, 2.05) is 23.5 Å². The van der Waals surface area contributed by atoms with Crippen molar-refractivity contribution in [3.63, 3.8) is 0 Å². The van der Waals surface area contributed by atoms with Gasteiger partial charge in [-0.15, -0.1) is 11.3 Å². The van der Waals surface area contributed by atoms with E-state index in [0.717, 1.165) is 39.0 Å². The van der Waals surface area contributed by atoms with E-state index in [1.165, 1.54) is 64.0 Å². The molecule has 0 saturated heterocycles. The minimum absolute atomic E-state index is 0.877. The van der Waals surface area contributed by atoms with Crippen LogP contribution in [0.1, 0.15) is 0 Å². The maximum absolute atomic E-state index is 6.42. The number of hydrogen-bond donors (Lipinski definition) is 0. The first kappa shape index (κ1) is 30.0. The summed E-state index contributed by atoms with van der Waals surface area (Å²) in [7, 11) is 0. The molecular weight excluding hydrogens is 663 g/mol. The van der Waals surface area contributed by atoms with Gasteiger partial charge in [-0.2, -0.15) is 0 Å². The number of nitrogens with zero attached hydrogens (tertiary/aromatic N) is 1. The number of fused-ring (bicyclic) bond motifs is 8. The van der Waals surface area contributed by atoms with Crippen LogP contribution < -0.4 is 4.90 Å². The van der Waals surface area contributed by atoms with E-state index < -0.39 is 0 Å². The van der Waals surface area contributed by atoms with Gasteiger partial charge in [-0.25, -0.2) is 0 Å². The van der Waals surface area contributed by atoms with Crippen molar-refractivity contribution in [2.24, 2.45) is 0 Å². The van der Waals surface area contributed by atoms with Crippen LogP contribution in [0.3, 0.4) is 0 Å². The minimum Gasteiger partial charge on any atom is -0.456 e. The van der Waals surface area contributed by atoms with Gasteiger partial charge in [0.1, 0.15) is 11.2 Å². The monoisotopic (exact) mass is 693 g/mol. The van der Waals surface area contributed by atoms with E-state index in [-0.39, 0.29) is 0 Å². The molecule has 0 bridgehead atoms. The third-order valence-corrected chi connectivity index (χ3v) is 11.8. The number of furan rings is 1. The molecule has 2 nitrogen and oxygen atoms in total. The number of hydrogen-bond acceptors (Lipinski definition) is 3. The molecule has 0 aliphatic carbocycles. The number of thiophene rings is 1. The van der Waals surface area contributed by atoms with Gasteiger partial charge in [0.05, 0.1) is 0 Å². The molecule has 53 heavy (non-hydrogen) atoms. The van der Waals surface area contributed by atoms with Crippen LogP contribution in [0.25, 0.3) is 85.9 Å².